The molecule has 0 saturated carbocycles. The molecule has 0 aliphatic heterocycles. The molecule has 0 heterocycles. The van der Waals surface area contributed by atoms with Gasteiger partial charge in [-0.2, -0.15) is 0 Å². The number of carbonyl (C=O) groups excluding carboxylic acids is 1. The molecule has 0 amide bonds. The summed E-state index contributed by atoms with van der Waals surface area (Å²) in [5.41, 5.74) is 1.46. The Bertz CT molecular complexity index is 561. The molecule has 0 aliphatic rings. The van der Waals surface area contributed by atoms with Gasteiger partial charge in [-0.25, -0.2) is 4.79 Å². The monoisotopic (exact) mass is 291 g/mol. The van der Waals surface area contributed by atoms with Crippen molar-refractivity contribution in [2.75, 3.05) is 6.61 Å². The third-order valence-electron chi connectivity index (χ3n) is 3.01. The first-order valence-electron chi connectivity index (χ1n) is 6.78. The molecular formula is C16H21NO4. The molecule has 0 unspecified atom stereocenters. The van der Waals surface area contributed by atoms with Gasteiger partial charge in [0.15, 0.2) is 5.60 Å². The van der Waals surface area contributed by atoms with E-state index in [0.29, 0.717) is 12.4 Å². The summed E-state index contributed by atoms with van der Waals surface area (Å²) in [5, 5.41) is 2.76. The summed E-state index contributed by atoms with van der Waals surface area (Å²) >= 11 is 0. The molecule has 1 aromatic rings. The molecule has 0 saturated heterocycles. The molecule has 0 spiro atoms. The Labute approximate surface area is 124 Å². The zero-order valence-electron chi connectivity index (χ0n) is 13.1. The Morgan fingerprint density at radius 3 is 2.57 bits per heavy atom. The number of nitrogens with zero attached hydrogens (tertiary/aromatic N) is 1. The van der Waals surface area contributed by atoms with Gasteiger partial charge in [0, 0.05) is 0 Å². The van der Waals surface area contributed by atoms with E-state index in [4.69, 9.17) is 9.47 Å². The van der Waals surface area contributed by atoms with E-state index < -0.39 is 11.6 Å². The summed E-state index contributed by atoms with van der Waals surface area (Å²) in [7, 11) is 0. The van der Waals surface area contributed by atoms with Gasteiger partial charge in [0.2, 0.25) is 0 Å². The Kier molecular flexibility index (Phi) is 5.64. The highest BCUT2D eigenvalue weighted by Gasteiger charge is 2.32. The highest BCUT2D eigenvalue weighted by molar-refractivity contribution is 5.79. The quantitative estimate of drug-likeness (QED) is 0.590. The van der Waals surface area contributed by atoms with Crippen molar-refractivity contribution in [2.24, 2.45) is 5.18 Å². The second kappa shape index (κ2) is 7.02. The Morgan fingerprint density at radius 2 is 2.05 bits per heavy atom. The van der Waals surface area contributed by atoms with Gasteiger partial charge in [-0.05, 0) is 68.6 Å². The average Bonchev–Trinajstić information content (AvgIpc) is 2.41. The summed E-state index contributed by atoms with van der Waals surface area (Å²) in [4.78, 5) is 22.1. The summed E-state index contributed by atoms with van der Waals surface area (Å²) in [5.74, 6) is 0.193. The largest absolute Gasteiger partial charge is 0.476 e. The van der Waals surface area contributed by atoms with E-state index in [1.807, 2.05) is 19.1 Å². The van der Waals surface area contributed by atoms with Crippen LogP contribution in [0.5, 0.6) is 5.75 Å². The SMILES string of the molecule is CCOC(=O)C(C)(C)Oc1ccc(/C(C)=C/N=O)cc1C. The van der Waals surface area contributed by atoms with Gasteiger partial charge >= 0.3 is 5.97 Å². The smallest absolute Gasteiger partial charge is 0.349 e. The van der Waals surface area contributed by atoms with Crippen LogP contribution in [0.25, 0.3) is 5.57 Å². The van der Waals surface area contributed by atoms with Crippen LogP contribution in [-0.4, -0.2) is 18.2 Å². The van der Waals surface area contributed by atoms with Crippen LogP contribution in [0, 0.1) is 11.8 Å². The number of carbonyl (C=O) groups is 1. The third-order valence-corrected chi connectivity index (χ3v) is 3.01. The average molecular weight is 291 g/mol. The predicted molar refractivity (Wildman–Crippen MR) is 82.0 cm³/mol. The fourth-order valence-corrected chi connectivity index (χ4v) is 1.78. The molecule has 0 N–H and O–H groups in total. The zero-order chi connectivity index (χ0) is 16.0. The molecule has 0 radical (unpaired) electrons. The second-order valence-corrected chi connectivity index (χ2v) is 5.23. The molecule has 0 aliphatic carbocycles. The van der Waals surface area contributed by atoms with Gasteiger partial charge in [-0.3, -0.25) is 0 Å². The summed E-state index contributed by atoms with van der Waals surface area (Å²) in [6.07, 6.45) is 1.26. The van der Waals surface area contributed by atoms with Crippen LogP contribution in [-0.2, 0) is 9.53 Å². The minimum absolute atomic E-state index is 0.312. The zero-order valence-corrected chi connectivity index (χ0v) is 13.1. The van der Waals surface area contributed by atoms with Crippen LogP contribution in [0.3, 0.4) is 0 Å². The van der Waals surface area contributed by atoms with Crippen LogP contribution in [0.4, 0.5) is 0 Å². The number of nitroso groups, excluding NO2 is 1. The van der Waals surface area contributed by atoms with Gasteiger partial charge in [0.05, 0.1) is 12.8 Å². The van der Waals surface area contributed by atoms with Crippen LogP contribution in [0.2, 0.25) is 0 Å². The minimum Gasteiger partial charge on any atom is -0.476 e. The number of allylic oxidation sites excluding steroid dienone is 1. The normalized spacial score (nSPS) is 12.0. The first-order valence-corrected chi connectivity index (χ1v) is 6.78. The van der Waals surface area contributed by atoms with Crippen molar-refractivity contribution in [3.8, 4) is 5.75 Å². The Morgan fingerprint density at radius 1 is 1.38 bits per heavy atom. The maximum atomic E-state index is 11.8. The number of ether oxygens (including phenoxy) is 2. The standard InChI is InChI=1S/C16H21NO4/c1-6-20-15(18)16(4,5)21-14-8-7-13(9-11(14)2)12(3)10-17-19/h7-10H,6H2,1-5H3/b12-10+. The van der Waals surface area contributed by atoms with Crippen molar-refractivity contribution < 1.29 is 14.3 Å². The molecule has 0 atom stereocenters. The van der Waals surface area contributed by atoms with Crippen LogP contribution >= 0.6 is 0 Å². The van der Waals surface area contributed by atoms with Crippen LogP contribution in [0.15, 0.2) is 29.6 Å². The number of rotatable bonds is 6. The fraction of sp³-hybridized carbons (Fsp3) is 0.438. The summed E-state index contributed by atoms with van der Waals surface area (Å²) < 4.78 is 10.8. The van der Waals surface area contributed by atoms with Crippen molar-refractivity contribution in [1.29, 1.82) is 0 Å². The molecule has 114 valence electrons. The lowest BCUT2D eigenvalue weighted by molar-refractivity contribution is -0.158. The number of hydrogen-bond donors (Lipinski definition) is 0. The van der Waals surface area contributed by atoms with Crippen molar-refractivity contribution in [3.05, 3.63) is 40.4 Å². The van der Waals surface area contributed by atoms with Crippen LogP contribution < -0.4 is 4.74 Å². The van der Waals surface area contributed by atoms with E-state index in [2.05, 4.69) is 5.18 Å². The van der Waals surface area contributed by atoms with Gasteiger partial charge in [0.1, 0.15) is 5.75 Å². The van der Waals surface area contributed by atoms with Gasteiger partial charge < -0.3 is 9.47 Å². The lowest BCUT2D eigenvalue weighted by Gasteiger charge is -2.25. The number of hydrogen-bond acceptors (Lipinski definition) is 5. The molecular weight excluding hydrogens is 270 g/mol. The summed E-state index contributed by atoms with van der Waals surface area (Å²) in [6.45, 7) is 9.08. The lowest BCUT2D eigenvalue weighted by Crippen LogP contribution is -2.39. The van der Waals surface area contributed by atoms with Crippen molar-refractivity contribution in [2.45, 2.75) is 40.2 Å². The maximum Gasteiger partial charge on any atom is 0.349 e. The van der Waals surface area contributed by atoms with Gasteiger partial charge in [-0.15, -0.1) is 4.91 Å². The molecule has 5 nitrogen and oxygen atoms in total. The van der Waals surface area contributed by atoms with Crippen molar-refractivity contribution in [3.63, 3.8) is 0 Å². The topological polar surface area (TPSA) is 65.0 Å². The van der Waals surface area contributed by atoms with E-state index in [1.54, 1.807) is 33.8 Å². The third kappa shape index (κ3) is 4.41. The predicted octanol–water partition coefficient (Wildman–Crippen LogP) is 3.84. The first kappa shape index (κ1) is 16.9. The van der Waals surface area contributed by atoms with Crippen molar-refractivity contribution >= 4 is 11.5 Å². The molecule has 1 aromatic carbocycles. The first-order chi connectivity index (χ1) is 9.81. The van der Waals surface area contributed by atoms with E-state index in [9.17, 15) is 9.70 Å². The highest BCUT2D eigenvalue weighted by Crippen LogP contribution is 2.27. The van der Waals surface area contributed by atoms with E-state index in [-0.39, 0.29) is 0 Å². The summed E-state index contributed by atoms with van der Waals surface area (Å²) in [6, 6.07) is 5.47. The maximum absolute atomic E-state index is 11.8. The number of esters is 1. The molecule has 0 aromatic heterocycles. The minimum atomic E-state index is -1.06. The number of aryl methyl sites for hydroxylation is 1. The number of benzene rings is 1. The van der Waals surface area contributed by atoms with E-state index >= 15 is 0 Å². The molecule has 21 heavy (non-hydrogen) atoms. The van der Waals surface area contributed by atoms with Gasteiger partial charge in [-0.1, -0.05) is 6.07 Å². The molecule has 0 fully saturated rings. The van der Waals surface area contributed by atoms with Crippen LogP contribution in [0.1, 0.15) is 38.8 Å². The van der Waals surface area contributed by atoms with Gasteiger partial charge in [0.25, 0.3) is 0 Å². The molecule has 1 rings (SSSR count). The fourth-order valence-electron chi connectivity index (χ4n) is 1.78. The lowest BCUT2D eigenvalue weighted by atomic mass is 10.0. The molecule has 0 bridgehead atoms. The Hall–Kier alpha value is -2.17. The second-order valence-electron chi connectivity index (χ2n) is 5.23. The van der Waals surface area contributed by atoms with Crippen molar-refractivity contribution in [1.82, 2.24) is 0 Å². The molecule has 5 heteroatoms. The highest BCUT2D eigenvalue weighted by atomic mass is 16.6. The van der Waals surface area contributed by atoms with E-state index in [0.717, 1.165) is 16.7 Å². The Balaban J connectivity index is 2.98. The van der Waals surface area contributed by atoms with E-state index in [1.165, 1.54) is 6.20 Å².